The van der Waals surface area contributed by atoms with E-state index in [0.29, 0.717) is 17.2 Å². The second kappa shape index (κ2) is 18.4. The number of pyridine rings is 6. The molecule has 0 radical (unpaired) electrons. The van der Waals surface area contributed by atoms with Gasteiger partial charge in [0.2, 0.25) is 0 Å². The molecule has 12 heterocycles. The lowest BCUT2D eigenvalue weighted by atomic mass is 10.0. The van der Waals surface area contributed by atoms with E-state index in [1.54, 1.807) is 0 Å². The van der Waals surface area contributed by atoms with Gasteiger partial charge in [0.05, 0.1) is 81.9 Å². The monoisotopic (exact) mass is 901 g/mol. The van der Waals surface area contributed by atoms with Gasteiger partial charge < -0.3 is 25.1 Å². The number of anilines is 3. The highest BCUT2D eigenvalue weighted by Gasteiger charge is 2.21. The molecular formula is C53H55N15. The third-order valence-electron chi connectivity index (χ3n) is 13.7. The van der Waals surface area contributed by atoms with Gasteiger partial charge in [-0.1, -0.05) is 20.4 Å². The Morgan fingerprint density at radius 3 is 1.74 bits per heavy atom. The SMILES string of the molecule is C=C(Nc1cncc(-c2cnc3n[nH]c(-c4cc5c(N6CCCCC6)cncc5[nH]4)c3c2)c1)C(C)CC.Cc1ccncc1-c1cnc2n[nH]c(-c3cc4c(N5CCCCC5)cncc4[nH]3)c2c1. The quantitative estimate of drug-likeness (QED) is 0.0880. The Bertz CT molecular complexity index is 3420. The fraction of sp³-hybridized carbons (Fsp3) is 0.283. The second-order valence-corrected chi connectivity index (χ2v) is 18.2. The molecule has 15 nitrogen and oxygen atoms in total. The first kappa shape index (κ1) is 42.7. The van der Waals surface area contributed by atoms with Crippen LogP contribution in [0.3, 0.4) is 0 Å². The molecule has 0 aliphatic carbocycles. The van der Waals surface area contributed by atoms with Gasteiger partial charge >= 0.3 is 0 Å². The fourth-order valence-corrected chi connectivity index (χ4v) is 9.62. The highest BCUT2D eigenvalue weighted by molar-refractivity contribution is 6.01. The largest absolute Gasteiger partial charge is 0.370 e. The summed E-state index contributed by atoms with van der Waals surface area (Å²) < 4.78 is 0. The van der Waals surface area contributed by atoms with Crippen LogP contribution in [0.2, 0.25) is 0 Å². The van der Waals surface area contributed by atoms with Gasteiger partial charge in [-0.3, -0.25) is 30.1 Å². The molecule has 15 heteroatoms. The van der Waals surface area contributed by atoms with Crippen molar-refractivity contribution in [3.05, 3.63) is 116 Å². The molecule has 12 rings (SSSR count). The first-order chi connectivity index (χ1) is 33.4. The van der Waals surface area contributed by atoms with Gasteiger partial charge in [-0.25, -0.2) is 9.97 Å². The Morgan fingerprint density at radius 2 is 1.16 bits per heavy atom. The summed E-state index contributed by atoms with van der Waals surface area (Å²) in [5, 5.41) is 23.0. The summed E-state index contributed by atoms with van der Waals surface area (Å²) in [6.45, 7) is 14.9. The fourth-order valence-electron chi connectivity index (χ4n) is 9.62. The first-order valence-electron chi connectivity index (χ1n) is 23.8. The van der Waals surface area contributed by atoms with Crippen LogP contribution in [0.15, 0.2) is 111 Å². The van der Waals surface area contributed by atoms with E-state index in [0.717, 1.165) is 111 Å². The topological polar surface area (TPSA) is 185 Å². The van der Waals surface area contributed by atoms with Gasteiger partial charge in [0, 0.05) is 107 Å². The molecule has 0 bridgehead atoms. The molecule has 0 aromatic carbocycles. The van der Waals surface area contributed by atoms with E-state index in [-0.39, 0.29) is 0 Å². The minimum atomic E-state index is 0.386. The van der Waals surface area contributed by atoms with E-state index in [1.165, 1.54) is 66.2 Å². The molecular weight excluding hydrogens is 847 g/mol. The predicted octanol–water partition coefficient (Wildman–Crippen LogP) is 11.4. The van der Waals surface area contributed by atoms with Crippen LogP contribution < -0.4 is 15.1 Å². The van der Waals surface area contributed by atoms with E-state index in [9.17, 15) is 0 Å². The highest BCUT2D eigenvalue weighted by Crippen LogP contribution is 2.37. The third kappa shape index (κ3) is 8.28. The van der Waals surface area contributed by atoms with Crippen molar-refractivity contribution < 1.29 is 0 Å². The van der Waals surface area contributed by atoms with E-state index in [2.05, 4.69) is 133 Å². The Balaban J connectivity index is 0.000000151. The molecule has 0 amide bonds. The zero-order valence-electron chi connectivity index (χ0n) is 38.8. The Hall–Kier alpha value is -7.94. The Morgan fingerprint density at radius 1 is 0.618 bits per heavy atom. The summed E-state index contributed by atoms with van der Waals surface area (Å²) in [5.41, 5.74) is 16.8. The Kier molecular flexibility index (Phi) is 11.5. The third-order valence-corrected chi connectivity index (χ3v) is 13.7. The van der Waals surface area contributed by atoms with E-state index < -0.39 is 0 Å². The van der Waals surface area contributed by atoms with Crippen molar-refractivity contribution in [1.82, 2.24) is 60.3 Å². The maximum absolute atomic E-state index is 4.64. The van der Waals surface area contributed by atoms with Crippen LogP contribution >= 0.6 is 0 Å². The average molecular weight is 902 g/mol. The molecule has 5 N–H and O–H groups in total. The van der Waals surface area contributed by atoms with Crippen molar-refractivity contribution in [2.75, 3.05) is 41.3 Å². The molecule has 342 valence electrons. The number of hydrogen-bond acceptors (Lipinski definition) is 11. The summed E-state index contributed by atoms with van der Waals surface area (Å²) in [6.07, 6.45) is 27.4. The second-order valence-electron chi connectivity index (χ2n) is 18.2. The number of H-pyrrole nitrogens is 4. The number of fused-ring (bicyclic) bond motifs is 4. The average Bonchev–Trinajstić information content (AvgIpc) is 4.21. The van der Waals surface area contributed by atoms with Crippen LogP contribution in [-0.2, 0) is 0 Å². The van der Waals surface area contributed by atoms with Gasteiger partial charge in [-0.2, -0.15) is 10.2 Å². The molecule has 0 spiro atoms. The number of aryl methyl sites for hydroxylation is 1. The molecule has 68 heavy (non-hydrogen) atoms. The number of rotatable bonds is 10. The normalized spacial score (nSPS) is 14.7. The van der Waals surface area contributed by atoms with Crippen molar-refractivity contribution in [3.8, 4) is 45.0 Å². The molecule has 2 aliphatic rings. The van der Waals surface area contributed by atoms with Gasteiger partial charge in [0.25, 0.3) is 0 Å². The molecule has 2 aliphatic heterocycles. The van der Waals surface area contributed by atoms with Crippen LogP contribution in [0.5, 0.6) is 0 Å². The number of piperidine rings is 2. The number of allylic oxidation sites excluding steroid dienone is 1. The minimum absolute atomic E-state index is 0.386. The standard InChI is InChI=1S/C29H32N8.C24H23N7/c1-4-18(2)19(3)33-22-10-20(13-30-15-22)21-11-24-28(35-36-29(24)32-14-21)25-12-23-26(34-25)16-31-17-27(23)37-8-6-5-7-9-37;1-15-5-6-25-12-19(15)16-9-18-23(29-30-24(18)27-11-16)20-10-17-21(28-20)13-26-14-22(17)31-7-3-2-4-8-31/h10-18,33-34H,3-9H2,1-2H3,(H,32,35,36);5-6,9-14,28H,2-4,7-8H2,1H3,(H,27,29,30). The van der Waals surface area contributed by atoms with Crippen molar-refractivity contribution in [2.45, 2.75) is 65.7 Å². The number of nitrogens with zero attached hydrogens (tertiary/aromatic N) is 10. The van der Waals surface area contributed by atoms with Crippen LogP contribution in [0.1, 0.15) is 64.4 Å². The van der Waals surface area contributed by atoms with Crippen LogP contribution in [0.25, 0.3) is 88.9 Å². The maximum Gasteiger partial charge on any atom is 0.181 e. The smallest absolute Gasteiger partial charge is 0.181 e. The van der Waals surface area contributed by atoms with E-state index in [1.807, 2.05) is 68.0 Å². The number of aromatic nitrogens is 12. The minimum Gasteiger partial charge on any atom is -0.370 e. The maximum atomic E-state index is 4.64. The van der Waals surface area contributed by atoms with Crippen molar-refractivity contribution in [1.29, 1.82) is 0 Å². The lowest BCUT2D eigenvalue weighted by Gasteiger charge is -2.28. The Labute approximate surface area is 394 Å². The molecule has 2 fully saturated rings. The highest BCUT2D eigenvalue weighted by atomic mass is 15.2. The van der Waals surface area contributed by atoms with Gasteiger partial charge in [-0.15, -0.1) is 0 Å². The van der Waals surface area contributed by atoms with Crippen molar-refractivity contribution in [2.24, 2.45) is 5.92 Å². The number of nitrogens with one attached hydrogen (secondary N) is 5. The van der Waals surface area contributed by atoms with Gasteiger partial charge in [0.15, 0.2) is 11.3 Å². The summed E-state index contributed by atoms with van der Waals surface area (Å²) in [5.74, 6) is 0.386. The summed E-state index contributed by atoms with van der Waals surface area (Å²) in [6, 6.07) is 12.8. The van der Waals surface area contributed by atoms with Crippen molar-refractivity contribution in [3.63, 3.8) is 0 Å². The predicted molar refractivity (Wildman–Crippen MR) is 273 cm³/mol. The van der Waals surface area contributed by atoms with Gasteiger partial charge in [0.1, 0.15) is 0 Å². The van der Waals surface area contributed by atoms with E-state index >= 15 is 0 Å². The summed E-state index contributed by atoms with van der Waals surface area (Å²) in [4.78, 5) is 39.0. The zero-order valence-corrected chi connectivity index (χ0v) is 38.8. The van der Waals surface area contributed by atoms with Crippen LogP contribution in [-0.4, -0.2) is 86.4 Å². The molecule has 10 aromatic heterocycles. The molecule has 10 aromatic rings. The summed E-state index contributed by atoms with van der Waals surface area (Å²) in [7, 11) is 0. The van der Waals surface area contributed by atoms with Crippen molar-refractivity contribution >= 4 is 60.9 Å². The van der Waals surface area contributed by atoms with Crippen LogP contribution in [0.4, 0.5) is 17.1 Å². The van der Waals surface area contributed by atoms with E-state index in [4.69, 9.17) is 0 Å². The summed E-state index contributed by atoms with van der Waals surface area (Å²) >= 11 is 0. The number of hydrogen-bond donors (Lipinski definition) is 5. The first-order valence-corrected chi connectivity index (χ1v) is 23.8. The molecule has 2 saturated heterocycles. The van der Waals surface area contributed by atoms with Crippen LogP contribution in [0, 0.1) is 12.8 Å². The number of aromatic amines is 4. The van der Waals surface area contributed by atoms with Gasteiger partial charge in [-0.05, 0) is 99.7 Å². The molecule has 1 unspecified atom stereocenters. The molecule has 0 saturated carbocycles. The zero-order chi connectivity index (χ0) is 46.1. The lowest BCUT2D eigenvalue weighted by Crippen LogP contribution is -2.29. The lowest BCUT2D eigenvalue weighted by molar-refractivity contribution is 0.578. The molecule has 1 atom stereocenters.